The molecule has 1 atom stereocenters. The molecule has 1 aliphatic heterocycles. The topological polar surface area (TPSA) is 66.6 Å². The van der Waals surface area contributed by atoms with Crippen molar-refractivity contribution in [1.82, 2.24) is 9.88 Å². The van der Waals surface area contributed by atoms with Gasteiger partial charge in [-0.3, -0.25) is 4.90 Å². The Morgan fingerprint density at radius 2 is 2.35 bits per heavy atom. The third kappa shape index (κ3) is 2.49. The molecule has 1 aromatic rings. The van der Waals surface area contributed by atoms with E-state index in [1.807, 2.05) is 0 Å². The van der Waals surface area contributed by atoms with Crippen molar-refractivity contribution in [1.29, 1.82) is 0 Å². The number of carbonyl (C=O) groups is 1. The van der Waals surface area contributed by atoms with Gasteiger partial charge in [0, 0.05) is 6.04 Å². The molecule has 1 N–H and O–H groups in total. The first kappa shape index (κ1) is 12.1. The van der Waals surface area contributed by atoms with Gasteiger partial charge >= 0.3 is 5.97 Å². The molecule has 0 saturated carbocycles. The van der Waals surface area contributed by atoms with Crippen LogP contribution >= 0.6 is 0 Å². The molecule has 5 heteroatoms. The monoisotopic (exact) mass is 238 g/mol. The highest BCUT2D eigenvalue weighted by Crippen LogP contribution is 2.31. The van der Waals surface area contributed by atoms with E-state index >= 15 is 0 Å². The molecule has 0 amide bonds. The normalized spacial score (nSPS) is 21.9. The molecule has 17 heavy (non-hydrogen) atoms. The molecule has 1 unspecified atom stereocenters. The van der Waals surface area contributed by atoms with Gasteiger partial charge in [-0.2, -0.15) is 0 Å². The predicted molar refractivity (Wildman–Crippen MR) is 61.9 cm³/mol. The van der Waals surface area contributed by atoms with E-state index in [0.717, 1.165) is 19.4 Å². The van der Waals surface area contributed by atoms with Gasteiger partial charge in [0.25, 0.3) is 0 Å². The molecular weight excluding hydrogens is 220 g/mol. The maximum absolute atomic E-state index is 10.8. The number of carboxylic acid groups (broad SMARTS) is 1. The number of aromatic nitrogens is 1. The van der Waals surface area contributed by atoms with Crippen LogP contribution in [0.15, 0.2) is 10.6 Å². The fraction of sp³-hybridized carbons (Fsp3) is 0.667. The number of oxazole rings is 1. The molecule has 0 aromatic carbocycles. The van der Waals surface area contributed by atoms with Crippen LogP contribution < -0.4 is 0 Å². The first-order valence-corrected chi connectivity index (χ1v) is 6.04. The first-order valence-electron chi connectivity index (χ1n) is 6.04. The van der Waals surface area contributed by atoms with Crippen LogP contribution in [0.3, 0.4) is 0 Å². The van der Waals surface area contributed by atoms with E-state index in [4.69, 9.17) is 9.52 Å². The summed E-state index contributed by atoms with van der Waals surface area (Å²) in [6, 6.07) is 0.539. The van der Waals surface area contributed by atoms with Gasteiger partial charge in [0.15, 0.2) is 0 Å². The Balaban J connectivity index is 2.20. The number of rotatable bonds is 3. The minimum Gasteiger partial charge on any atom is -0.475 e. The average Bonchev–Trinajstić information content (AvgIpc) is 2.78. The standard InChI is InChI=1S/C12H18N2O3/c1-8(2)14-6-4-3-5-9(14)11-13-7-10(17-11)12(15)16/h7-9H,3-6H2,1-2H3,(H,15,16). The van der Waals surface area contributed by atoms with Crippen molar-refractivity contribution in [2.75, 3.05) is 6.54 Å². The maximum Gasteiger partial charge on any atom is 0.373 e. The van der Waals surface area contributed by atoms with E-state index in [0.29, 0.717) is 11.9 Å². The molecule has 0 radical (unpaired) electrons. The number of likely N-dealkylation sites (tertiary alicyclic amines) is 1. The second-order valence-electron chi connectivity index (χ2n) is 4.71. The Labute approximate surface area is 100 Å². The first-order chi connectivity index (χ1) is 8.09. The SMILES string of the molecule is CC(C)N1CCCCC1c1ncc(C(=O)O)o1. The molecule has 94 valence electrons. The van der Waals surface area contributed by atoms with Gasteiger partial charge in [0.2, 0.25) is 11.7 Å². The largest absolute Gasteiger partial charge is 0.475 e. The van der Waals surface area contributed by atoms with Gasteiger partial charge in [-0.25, -0.2) is 9.78 Å². The van der Waals surface area contributed by atoms with Crippen LogP contribution in [0.5, 0.6) is 0 Å². The van der Waals surface area contributed by atoms with Gasteiger partial charge in [0.05, 0.1) is 12.2 Å². The Kier molecular flexibility index (Phi) is 3.47. The van der Waals surface area contributed by atoms with Crippen LogP contribution in [0, 0.1) is 0 Å². The number of aromatic carboxylic acids is 1. The molecule has 1 aromatic heterocycles. The molecule has 1 fully saturated rings. The number of nitrogens with zero attached hydrogens (tertiary/aromatic N) is 2. The minimum absolute atomic E-state index is 0.0747. The van der Waals surface area contributed by atoms with E-state index in [1.54, 1.807) is 0 Å². The summed E-state index contributed by atoms with van der Waals surface area (Å²) in [5.41, 5.74) is 0. The number of hydrogen-bond donors (Lipinski definition) is 1. The van der Waals surface area contributed by atoms with E-state index < -0.39 is 5.97 Å². The molecule has 1 saturated heterocycles. The number of carboxylic acids is 1. The third-order valence-corrected chi connectivity index (χ3v) is 3.23. The van der Waals surface area contributed by atoms with Crippen LogP contribution in [-0.2, 0) is 0 Å². The van der Waals surface area contributed by atoms with Crippen LogP contribution in [-0.4, -0.2) is 33.5 Å². The quantitative estimate of drug-likeness (QED) is 0.875. The Morgan fingerprint density at radius 1 is 1.59 bits per heavy atom. The highest BCUT2D eigenvalue weighted by Gasteiger charge is 2.29. The molecule has 2 heterocycles. The summed E-state index contributed by atoms with van der Waals surface area (Å²) in [5.74, 6) is -0.597. The predicted octanol–water partition coefficient (Wildman–Crippen LogP) is 2.31. The summed E-state index contributed by atoms with van der Waals surface area (Å²) >= 11 is 0. The van der Waals surface area contributed by atoms with Crippen molar-refractivity contribution >= 4 is 5.97 Å². The van der Waals surface area contributed by atoms with Crippen LogP contribution in [0.2, 0.25) is 0 Å². The zero-order valence-electron chi connectivity index (χ0n) is 10.2. The smallest absolute Gasteiger partial charge is 0.373 e. The van der Waals surface area contributed by atoms with Crippen molar-refractivity contribution in [3.05, 3.63) is 17.8 Å². The van der Waals surface area contributed by atoms with E-state index in [2.05, 4.69) is 23.7 Å². The number of hydrogen-bond acceptors (Lipinski definition) is 4. The summed E-state index contributed by atoms with van der Waals surface area (Å²) in [6.45, 7) is 5.30. The third-order valence-electron chi connectivity index (χ3n) is 3.23. The molecule has 5 nitrogen and oxygen atoms in total. The van der Waals surface area contributed by atoms with Crippen LogP contribution in [0.4, 0.5) is 0 Å². The van der Waals surface area contributed by atoms with Crippen LogP contribution in [0.1, 0.15) is 55.6 Å². The summed E-state index contributed by atoms with van der Waals surface area (Å²) in [4.78, 5) is 17.2. The summed E-state index contributed by atoms with van der Waals surface area (Å²) < 4.78 is 5.31. The maximum atomic E-state index is 10.8. The molecule has 1 aliphatic rings. The Bertz CT molecular complexity index is 400. The second kappa shape index (κ2) is 4.87. The summed E-state index contributed by atoms with van der Waals surface area (Å²) in [5, 5.41) is 8.82. The zero-order chi connectivity index (χ0) is 12.4. The van der Waals surface area contributed by atoms with Crippen molar-refractivity contribution in [2.45, 2.75) is 45.2 Å². The van der Waals surface area contributed by atoms with Gasteiger partial charge in [-0.1, -0.05) is 6.42 Å². The van der Waals surface area contributed by atoms with Crippen LogP contribution in [0.25, 0.3) is 0 Å². The second-order valence-corrected chi connectivity index (χ2v) is 4.71. The summed E-state index contributed by atoms with van der Waals surface area (Å²) in [7, 11) is 0. The lowest BCUT2D eigenvalue weighted by Crippen LogP contribution is -2.38. The lowest BCUT2D eigenvalue weighted by atomic mass is 10.0. The fourth-order valence-corrected chi connectivity index (χ4v) is 2.38. The Hall–Kier alpha value is -1.36. The van der Waals surface area contributed by atoms with Crippen molar-refractivity contribution in [3.63, 3.8) is 0 Å². The molecule has 0 aliphatic carbocycles. The summed E-state index contributed by atoms with van der Waals surface area (Å²) in [6.07, 6.45) is 4.60. The van der Waals surface area contributed by atoms with Gasteiger partial charge in [-0.05, 0) is 33.2 Å². The average molecular weight is 238 g/mol. The van der Waals surface area contributed by atoms with E-state index in [1.165, 1.54) is 12.6 Å². The van der Waals surface area contributed by atoms with E-state index in [9.17, 15) is 4.79 Å². The number of piperidine rings is 1. The van der Waals surface area contributed by atoms with Gasteiger partial charge in [0.1, 0.15) is 0 Å². The van der Waals surface area contributed by atoms with Crippen molar-refractivity contribution in [3.8, 4) is 0 Å². The highest BCUT2D eigenvalue weighted by atomic mass is 16.4. The van der Waals surface area contributed by atoms with E-state index in [-0.39, 0.29) is 11.8 Å². The molecular formula is C12H18N2O3. The van der Waals surface area contributed by atoms with Gasteiger partial charge in [-0.15, -0.1) is 0 Å². The zero-order valence-corrected chi connectivity index (χ0v) is 10.2. The lowest BCUT2D eigenvalue weighted by molar-refractivity contribution is 0.0638. The van der Waals surface area contributed by atoms with Crippen molar-refractivity contribution in [2.24, 2.45) is 0 Å². The highest BCUT2D eigenvalue weighted by molar-refractivity contribution is 5.83. The minimum atomic E-state index is -1.06. The molecule has 0 spiro atoms. The van der Waals surface area contributed by atoms with Crippen molar-refractivity contribution < 1.29 is 14.3 Å². The molecule has 2 rings (SSSR count). The Morgan fingerprint density at radius 3 is 2.94 bits per heavy atom. The lowest BCUT2D eigenvalue weighted by Gasteiger charge is -2.36. The fourth-order valence-electron chi connectivity index (χ4n) is 2.38. The van der Waals surface area contributed by atoms with Gasteiger partial charge < -0.3 is 9.52 Å². The molecule has 0 bridgehead atoms.